The van der Waals surface area contributed by atoms with Crippen LogP contribution in [-0.2, 0) is 4.74 Å². The summed E-state index contributed by atoms with van der Waals surface area (Å²) in [5, 5.41) is 3.37. The summed E-state index contributed by atoms with van der Waals surface area (Å²) in [4.78, 5) is 23.2. The molecular weight excluding hydrogens is 230 g/mol. The maximum Gasteiger partial charge on any atom is 0.339 e. The molecule has 0 fully saturated rings. The average molecular weight is 240 g/mol. The van der Waals surface area contributed by atoms with Gasteiger partial charge in [0.1, 0.15) is 0 Å². The molecule has 84 valence electrons. The van der Waals surface area contributed by atoms with Crippen LogP contribution in [0.1, 0.15) is 27.1 Å². The van der Waals surface area contributed by atoms with E-state index < -0.39 is 5.97 Å². The Morgan fingerprint density at radius 2 is 2.25 bits per heavy atom. The Morgan fingerprint density at radius 1 is 1.50 bits per heavy atom. The number of hydrogen-bond donors (Lipinski definition) is 1. The van der Waals surface area contributed by atoms with Gasteiger partial charge in [0, 0.05) is 13.0 Å². The van der Waals surface area contributed by atoms with E-state index in [0.717, 1.165) is 0 Å². The molecule has 5 heteroatoms. The normalized spacial score (nSPS) is 14.0. The van der Waals surface area contributed by atoms with Gasteiger partial charge in [-0.05, 0) is 12.1 Å². The van der Waals surface area contributed by atoms with Crippen LogP contribution in [0.2, 0.25) is 5.02 Å². The van der Waals surface area contributed by atoms with Crippen molar-refractivity contribution in [2.75, 3.05) is 19.0 Å². The number of anilines is 1. The highest BCUT2D eigenvalue weighted by atomic mass is 35.5. The van der Waals surface area contributed by atoms with Crippen molar-refractivity contribution in [1.29, 1.82) is 0 Å². The Balaban J connectivity index is 2.62. The molecule has 1 aromatic carbocycles. The first-order valence-corrected chi connectivity index (χ1v) is 5.21. The third-order valence-electron chi connectivity index (χ3n) is 2.49. The van der Waals surface area contributed by atoms with Gasteiger partial charge in [0.05, 0.1) is 28.9 Å². The number of rotatable bonds is 1. The maximum atomic E-state index is 11.7. The number of nitrogens with one attached hydrogen (secondary N) is 1. The van der Waals surface area contributed by atoms with Gasteiger partial charge in [-0.15, -0.1) is 0 Å². The van der Waals surface area contributed by atoms with Gasteiger partial charge in [0.25, 0.3) is 0 Å². The molecule has 1 heterocycles. The van der Waals surface area contributed by atoms with Gasteiger partial charge < -0.3 is 10.1 Å². The van der Waals surface area contributed by atoms with E-state index in [1.54, 1.807) is 6.07 Å². The first-order valence-electron chi connectivity index (χ1n) is 4.83. The topological polar surface area (TPSA) is 55.4 Å². The van der Waals surface area contributed by atoms with E-state index in [2.05, 4.69) is 10.1 Å². The van der Waals surface area contributed by atoms with E-state index in [-0.39, 0.29) is 5.78 Å². The summed E-state index contributed by atoms with van der Waals surface area (Å²) in [6.07, 6.45) is 0.386. The first kappa shape index (κ1) is 11.0. The minimum atomic E-state index is -0.477. The molecule has 16 heavy (non-hydrogen) atoms. The third-order valence-corrected chi connectivity index (χ3v) is 2.81. The number of benzene rings is 1. The molecule has 2 rings (SSSR count). The van der Waals surface area contributed by atoms with Crippen molar-refractivity contribution in [3.63, 3.8) is 0 Å². The summed E-state index contributed by atoms with van der Waals surface area (Å²) in [7, 11) is 1.30. The SMILES string of the molecule is COC(=O)c1ccc(Cl)c2c1NCCC2=O. The van der Waals surface area contributed by atoms with E-state index in [1.165, 1.54) is 13.2 Å². The molecule has 4 nitrogen and oxygen atoms in total. The number of ketones is 1. The number of esters is 1. The van der Waals surface area contributed by atoms with Gasteiger partial charge in [0.2, 0.25) is 0 Å². The van der Waals surface area contributed by atoms with E-state index in [9.17, 15) is 9.59 Å². The molecule has 0 spiro atoms. The summed E-state index contributed by atoms with van der Waals surface area (Å²) in [5.74, 6) is -0.528. The lowest BCUT2D eigenvalue weighted by Crippen LogP contribution is -2.21. The predicted octanol–water partition coefficient (Wildman–Crippen LogP) is 2.12. The molecule has 0 saturated carbocycles. The van der Waals surface area contributed by atoms with E-state index in [4.69, 9.17) is 11.6 Å². The van der Waals surface area contributed by atoms with E-state index in [0.29, 0.717) is 34.8 Å². The molecule has 0 aliphatic carbocycles. The lowest BCUT2D eigenvalue weighted by atomic mass is 9.98. The van der Waals surface area contributed by atoms with E-state index in [1.807, 2.05) is 0 Å². The highest BCUT2D eigenvalue weighted by Gasteiger charge is 2.25. The van der Waals surface area contributed by atoms with Gasteiger partial charge >= 0.3 is 5.97 Å². The monoisotopic (exact) mass is 239 g/mol. The van der Waals surface area contributed by atoms with Crippen LogP contribution in [0.3, 0.4) is 0 Å². The minimum Gasteiger partial charge on any atom is -0.465 e. The van der Waals surface area contributed by atoms with Crippen LogP contribution in [0.4, 0.5) is 5.69 Å². The summed E-state index contributed by atoms with van der Waals surface area (Å²) >= 11 is 5.94. The smallest absolute Gasteiger partial charge is 0.339 e. The second kappa shape index (κ2) is 4.14. The number of ether oxygens (including phenoxy) is 1. The number of methoxy groups -OCH3 is 1. The zero-order chi connectivity index (χ0) is 11.7. The highest BCUT2D eigenvalue weighted by Crippen LogP contribution is 2.32. The van der Waals surface area contributed by atoms with Crippen molar-refractivity contribution < 1.29 is 14.3 Å². The van der Waals surface area contributed by atoms with Gasteiger partial charge in [0.15, 0.2) is 5.78 Å². The highest BCUT2D eigenvalue weighted by molar-refractivity contribution is 6.35. The first-order chi connectivity index (χ1) is 7.65. The standard InChI is InChI=1S/C11H10ClNO3/c1-16-11(15)6-2-3-7(12)9-8(14)4-5-13-10(6)9/h2-3,13H,4-5H2,1H3. The Hall–Kier alpha value is -1.55. The van der Waals surface area contributed by atoms with Gasteiger partial charge in [-0.1, -0.05) is 11.6 Å². The predicted molar refractivity (Wildman–Crippen MR) is 60.2 cm³/mol. The molecule has 0 bridgehead atoms. The molecular formula is C11H10ClNO3. The van der Waals surface area contributed by atoms with Crippen molar-refractivity contribution in [2.45, 2.75) is 6.42 Å². The number of hydrogen-bond acceptors (Lipinski definition) is 4. The van der Waals surface area contributed by atoms with Crippen LogP contribution in [0.15, 0.2) is 12.1 Å². The average Bonchev–Trinajstić information content (AvgIpc) is 2.28. The molecule has 0 unspecified atom stereocenters. The second-order valence-corrected chi connectivity index (χ2v) is 3.84. The third kappa shape index (κ3) is 1.65. The Bertz CT molecular complexity index is 471. The number of halogens is 1. The second-order valence-electron chi connectivity index (χ2n) is 3.44. The van der Waals surface area contributed by atoms with Gasteiger partial charge in [-0.25, -0.2) is 4.79 Å². The fourth-order valence-corrected chi connectivity index (χ4v) is 2.00. The van der Waals surface area contributed by atoms with Gasteiger partial charge in [-0.2, -0.15) is 0 Å². The zero-order valence-electron chi connectivity index (χ0n) is 8.67. The molecule has 0 saturated heterocycles. The fraction of sp³-hybridized carbons (Fsp3) is 0.273. The van der Waals surface area contributed by atoms with Crippen LogP contribution in [0.25, 0.3) is 0 Å². The van der Waals surface area contributed by atoms with Crippen molar-refractivity contribution in [3.8, 4) is 0 Å². The number of Topliss-reactive ketones (excluding diaryl/α,β-unsaturated/α-hetero) is 1. The molecule has 0 radical (unpaired) electrons. The van der Waals surface area contributed by atoms with Crippen LogP contribution in [0, 0.1) is 0 Å². The maximum absolute atomic E-state index is 11.7. The van der Waals surface area contributed by atoms with Crippen molar-refractivity contribution >= 4 is 29.0 Å². The number of fused-ring (bicyclic) bond motifs is 1. The van der Waals surface area contributed by atoms with Crippen LogP contribution in [0.5, 0.6) is 0 Å². The fourth-order valence-electron chi connectivity index (χ4n) is 1.74. The largest absolute Gasteiger partial charge is 0.465 e. The summed E-state index contributed by atoms with van der Waals surface area (Å²) in [5.41, 5.74) is 1.21. The molecule has 1 aromatic rings. The Kier molecular flexibility index (Phi) is 2.83. The van der Waals surface area contributed by atoms with Crippen molar-refractivity contribution in [2.24, 2.45) is 0 Å². The number of carbonyl (C=O) groups is 2. The molecule has 1 aliphatic rings. The Morgan fingerprint density at radius 3 is 2.94 bits per heavy atom. The number of carbonyl (C=O) groups excluding carboxylic acids is 2. The van der Waals surface area contributed by atoms with Crippen molar-refractivity contribution in [3.05, 3.63) is 28.3 Å². The molecule has 0 aromatic heterocycles. The lowest BCUT2D eigenvalue weighted by molar-refractivity contribution is 0.0602. The summed E-state index contributed by atoms with van der Waals surface area (Å²) in [6.45, 7) is 0.510. The van der Waals surface area contributed by atoms with Crippen LogP contribution in [-0.4, -0.2) is 25.4 Å². The van der Waals surface area contributed by atoms with Crippen LogP contribution >= 0.6 is 11.6 Å². The summed E-state index contributed by atoms with van der Waals surface area (Å²) < 4.78 is 4.64. The van der Waals surface area contributed by atoms with Gasteiger partial charge in [-0.3, -0.25) is 4.79 Å². The quantitative estimate of drug-likeness (QED) is 0.763. The molecule has 0 atom stereocenters. The molecule has 0 amide bonds. The molecule has 1 aliphatic heterocycles. The van der Waals surface area contributed by atoms with E-state index >= 15 is 0 Å². The molecule has 1 N–H and O–H groups in total. The minimum absolute atomic E-state index is 0.0514. The lowest BCUT2D eigenvalue weighted by Gasteiger charge is -2.20. The zero-order valence-corrected chi connectivity index (χ0v) is 9.43. The van der Waals surface area contributed by atoms with Crippen molar-refractivity contribution in [1.82, 2.24) is 0 Å². The van der Waals surface area contributed by atoms with Crippen LogP contribution < -0.4 is 5.32 Å². The Labute approximate surface area is 97.5 Å². The summed E-state index contributed by atoms with van der Waals surface area (Å²) in [6, 6.07) is 3.09.